The maximum absolute atomic E-state index is 12.2. The Bertz CT molecular complexity index is 1140. The molecule has 3 aromatic rings. The fourth-order valence-electron chi connectivity index (χ4n) is 3.27. The van der Waals surface area contributed by atoms with Crippen LogP contribution in [0.4, 0.5) is 0 Å². The third-order valence-electron chi connectivity index (χ3n) is 4.73. The van der Waals surface area contributed by atoms with Crippen molar-refractivity contribution in [3.8, 4) is 11.5 Å². The number of carbonyl (C=O) groups excluding carboxylic acids is 2. The van der Waals surface area contributed by atoms with Crippen molar-refractivity contribution < 1.29 is 28.5 Å². The van der Waals surface area contributed by atoms with Gasteiger partial charge in [0.1, 0.15) is 11.5 Å². The molecule has 3 rings (SSSR count). The van der Waals surface area contributed by atoms with E-state index in [1.165, 1.54) is 0 Å². The van der Waals surface area contributed by atoms with Crippen molar-refractivity contribution in [3.05, 3.63) is 46.0 Å². The van der Waals surface area contributed by atoms with Crippen LogP contribution in [-0.4, -0.2) is 38.4 Å². The Morgan fingerprint density at radius 2 is 1.21 bits per heavy atom. The van der Waals surface area contributed by atoms with Gasteiger partial charge in [-0.15, -0.1) is 0 Å². The van der Waals surface area contributed by atoms with Crippen molar-refractivity contribution in [3.63, 3.8) is 0 Å². The van der Waals surface area contributed by atoms with Crippen molar-refractivity contribution >= 4 is 56.1 Å². The first kappa shape index (κ1) is 25.1. The fraction of sp³-hybridized carbons (Fsp3) is 0.385. The molecule has 0 unspecified atom stereocenters. The zero-order valence-corrected chi connectivity index (χ0v) is 21.5. The van der Waals surface area contributed by atoms with E-state index in [-0.39, 0.29) is 25.0 Å². The average molecular weight is 564 g/mol. The van der Waals surface area contributed by atoms with Gasteiger partial charge >= 0.3 is 11.9 Å². The Morgan fingerprint density at radius 3 is 1.76 bits per heavy atom. The van der Waals surface area contributed by atoms with Gasteiger partial charge in [-0.3, -0.25) is 0 Å². The van der Waals surface area contributed by atoms with E-state index in [2.05, 4.69) is 22.6 Å². The molecule has 0 atom stereocenters. The molecular formula is C26H29IO6. The van der Waals surface area contributed by atoms with Crippen molar-refractivity contribution in [2.45, 2.75) is 27.7 Å². The van der Waals surface area contributed by atoms with Gasteiger partial charge in [0.25, 0.3) is 0 Å². The summed E-state index contributed by atoms with van der Waals surface area (Å²) in [7, 11) is 0. The van der Waals surface area contributed by atoms with Crippen LogP contribution >= 0.6 is 22.6 Å². The summed E-state index contributed by atoms with van der Waals surface area (Å²) in [5, 5.41) is 3.19. The number of benzene rings is 3. The van der Waals surface area contributed by atoms with Crippen LogP contribution < -0.4 is 9.47 Å². The van der Waals surface area contributed by atoms with Gasteiger partial charge in [0.2, 0.25) is 0 Å². The number of esters is 2. The van der Waals surface area contributed by atoms with Crippen molar-refractivity contribution in [2.24, 2.45) is 11.8 Å². The summed E-state index contributed by atoms with van der Waals surface area (Å²) in [5.41, 5.74) is 0. The molecule has 3 aromatic carbocycles. The predicted octanol–water partition coefficient (Wildman–Crippen LogP) is 5.75. The average Bonchev–Trinajstić information content (AvgIpc) is 2.78. The number of halogens is 1. The summed E-state index contributed by atoms with van der Waals surface area (Å²) >= 11 is 2.23. The van der Waals surface area contributed by atoms with Crippen LogP contribution in [0.3, 0.4) is 0 Å². The van der Waals surface area contributed by atoms with E-state index in [9.17, 15) is 9.59 Å². The molecule has 0 saturated carbocycles. The molecule has 0 aromatic heterocycles. The van der Waals surface area contributed by atoms with Gasteiger partial charge in [0.15, 0.2) is 13.2 Å². The lowest BCUT2D eigenvalue weighted by atomic mass is 10.0. The quantitative estimate of drug-likeness (QED) is 0.177. The van der Waals surface area contributed by atoms with E-state index in [0.717, 1.165) is 25.1 Å². The van der Waals surface area contributed by atoms with E-state index < -0.39 is 11.9 Å². The molecule has 0 saturated heterocycles. The smallest absolute Gasteiger partial charge is 0.344 e. The van der Waals surface area contributed by atoms with Gasteiger partial charge in [-0.1, -0.05) is 64.1 Å². The third-order valence-corrected chi connectivity index (χ3v) is 5.62. The molecule has 33 heavy (non-hydrogen) atoms. The lowest BCUT2D eigenvalue weighted by Gasteiger charge is -2.18. The fourth-order valence-corrected chi connectivity index (χ4v) is 4.02. The minimum Gasteiger partial charge on any atom is -0.481 e. The molecule has 0 fully saturated rings. The highest BCUT2D eigenvalue weighted by Gasteiger charge is 2.20. The summed E-state index contributed by atoms with van der Waals surface area (Å²) < 4.78 is 23.5. The van der Waals surface area contributed by atoms with Crippen LogP contribution in [0.2, 0.25) is 0 Å². The summed E-state index contributed by atoms with van der Waals surface area (Å²) in [6, 6.07) is 13.4. The van der Waals surface area contributed by atoms with Crippen molar-refractivity contribution in [2.75, 3.05) is 26.4 Å². The summed E-state index contributed by atoms with van der Waals surface area (Å²) in [4.78, 5) is 24.4. The second-order valence-electron chi connectivity index (χ2n) is 8.60. The Hall–Kier alpha value is -2.55. The Kier molecular flexibility index (Phi) is 8.77. The summed E-state index contributed by atoms with van der Waals surface area (Å²) in [6.45, 7) is 8.23. The molecule has 0 N–H and O–H groups in total. The zero-order chi connectivity index (χ0) is 24.0. The van der Waals surface area contributed by atoms with Gasteiger partial charge in [-0.25, -0.2) is 9.59 Å². The SMILES string of the molecule is CC(C)COC(=O)COc1c2ccccc2c(OCC(=O)OCC(C)C)c2c(I)cccc12. The standard InChI is InChI=1S/C26H29IO6/c1-16(2)12-30-22(28)14-32-25-18-8-5-6-9-19(18)26(24-20(25)10-7-11-21(24)27)33-15-23(29)31-13-17(3)4/h5-11,16-17H,12-15H2,1-4H3. The Balaban J connectivity index is 1.98. The number of ether oxygens (including phenoxy) is 4. The largest absolute Gasteiger partial charge is 0.481 e. The van der Waals surface area contributed by atoms with Crippen molar-refractivity contribution in [1.82, 2.24) is 0 Å². The van der Waals surface area contributed by atoms with Crippen LogP contribution in [0, 0.1) is 15.4 Å². The van der Waals surface area contributed by atoms with Crippen LogP contribution in [0.15, 0.2) is 42.5 Å². The molecule has 176 valence electrons. The second-order valence-corrected chi connectivity index (χ2v) is 9.76. The molecule has 0 amide bonds. The van der Waals surface area contributed by atoms with Crippen LogP contribution in [0.5, 0.6) is 11.5 Å². The lowest BCUT2D eigenvalue weighted by Crippen LogP contribution is -2.18. The monoisotopic (exact) mass is 564 g/mol. The lowest BCUT2D eigenvalue weighted by molar-refractivity contribution is -0.147. The maximum atomic E-state index is 12.2. The number of hydrogen-bond acceptors (Lipinski definition) is 6. The highest BCUT2D eigenvalue weighted by atomic mass is 127. The molecular weight excluding hydrogens is 535 g/mol. The Morgan fingerprint density at radius 1 is 0.727 bits per heavy atom. The molecule has 0 bridgehead atoms. The first-order valence-corrected chi connectivity index (χ1v) is 12.1. The first-order valence-electron chi connectivity index (χ1n) is 11.0. The third kappa shape index (κ3) is 6.50. The van der Waals surface area contributed by atoms with E-state index in [0.29, 0.717) is 24.7 Å². The first-order chi connectivity index (χ1) is 15.8. The van der Waals surface area contributed by atoms with Gasteiger partial charge < -0.3 is 18.9 Å². The van der Waals surface area contributed by atoms with Crippen LogP contribution in [0.25, 0.3) is 21.5 Å². The number of carbonyl (C=O) groups is 2. The minimum atomic E-state index is -0.417. The molecule has 6 nitrogen and oxygen atoms in total. The minimum absolute atomic E-state index is 0.195. The number of rotatable bonds is 10. The predicted molar refractivity (Wildman–Crippen MR) is 137 cm³/mol. The van der Waals surface area contributed by atoms with E-state index in [4.69, 9.17) is 18.9 Å². The molecule has 7 heteroatoms. The van der Waals surface area contributed by atoms with Crippen molar-refractivity contribution in [1.29, 1.82) is 0 Å². The molecule has 0 spiro atoms. The summed E-state index contributed by atoms with van der Waals surface area (Å²) in [5.74, 6) is 0.832. The highest BCUT2D eigenvalue weighted by molar-refractivity contribution is 14.1. The van der Waals surface area contributed by atoms with Gasteiger partial charge in [-0.05, 0) is 40.5 Å². The van der Waals surface area contributed by atoms with Crippen LogP contribution in [0.1, 0.15) is 27.7 Å². The number of fused-ring (bicyclic) bond motifs is 2. The summed E-state index contributed by atoms with van der Waals surface area (Å²) in [6.07, 6.45) is 0. The van der Waals surface area contributed by atoms with E-state index in [1.807, 2.05) is 70.2 Å². The molecule has 0 heterocycles. The molecule has 0 aliphatic heterocycles. The van der Waals surface area contributed by atoms with E-state index in [1.54, 1.807) is 0 Å². The van der Waals surface area contributed by atoms with E-state index >= 15 is 0 Å². The zero-order valence-electron chi connectivity index (χ0n) is 19.4. The molecule has 0 radical (unpaired) electrons. The van der Waals surface area contributed by atoms with Gasteiger partial charge in [0, 0.05) is 25.1 Å². The topological polar surface area (TPSA) is 71.1 Å². The molecule has 0 aliphatic rings. The van der Waals surface area contributed by atoms with Crippen LogP contribution in [-0.2, 0) is 19.1 Å². The Labute approximate surface area is 207 Å². The normalized spacial score (nSPS) is 11.2. The van der Waals surface area contributed by atoms with Gasteiger partial charge in [-0.2, -0.15) is 0 Å². The highest BCUT2D eigenvalue weighted by Crippen LogP contribution is 2.44. The second kappa shape index (κ2) is 11.5. The van der Waals surface area contributed by atoms with Gasteiger partial charge in [0.05, 0.1) is 13.2 Å². The number of hydrogen-bond donors (Lipinski definition) is 0. The molecule has 0 aliphatic carbocycles. The maximum Gasteiger partial charge on any atom is 0.344 e.